The second-order valence-electron chi connectivity index (χ2n) is 8.12. The van der Waals surface area contributed by atoms with Gasteiger partial charge in [-0.15, -0.1) is 0 Å². The van der Waals surface area contributed by atoms with Crippen molar-refractivity contribution in [2.24, 2.45) is 0 Å². The Kier molecular flexibility index (Phi) is 6.45. The number of aromatic nitrogens is 1. The first-order chi connectivity index (χ1) is 15.9. The number of nitrogens with zero attached hydrogens (tertiary/aromatic N) is 1. The number of aromatic carboxylic acids is 1. The number of carboxylic acids is 1. The molecule has 1 heterocycles. The van der Waals surface area contributed by atoms with E-state index in [1.54, 1.807) is 30.3 Å². The van der Waals surface area contributed by atoms with E-state index < -0.39 is 5.97 Å². The molecule has 4 rings (SSSR count). The van der Waals surface area contributed by atoms with Crippen LogP contribution in [0.25, 0.3) is 22.0 Å². The Labute approximate surface area is 192 Å². The number of phenols is 1. The van der Waals surface area contributed by atoms with E-state index in [2.05, 4.69) is 16.1 Å². The van der Waals surface area contributed by atoms with Gasteiger partial charge in [0.25, 0.3) is 5.91 Å². The first-order valence-corrected chi connectivity index (χ1v) is 10.9. The van der Waals surface area contributed by atoms with Crippen molar-refractivity contribution in [2.75, 3.05) is 6.54 Å². The van der Waals surface area contributed by atoms with E-state index in [1.807, 2.05) is 43.3 Å². The van der Waals surface area contributed by atoms with Gasteiger partial charge in [0.2, 0.25) is 0 Å². The van der Waals surface area contributed by atoms with Crippen LogP contribution in [0.3, 0.4) is 0 Å². The second kappa shape index (κ2) is 9.61. The fourth-order valence-electron chi connectivity index (χ4n) is 4.00. The Hall–Kier alpha value is -4.06. The summed E-state index contributed by atoms with van der Waals surface area (Å²) in [6.07, 6.45) is 3.61. The molecular formula is C27H26N2O4. The van der Waals surface area contributed by atoms with E-state index in [-0.39, 0.29) is 22.8 Å². The number of hydrogen-bond acceptors (Lipinski definition) is 3. The van der Waals surface area contributed by atoms with Gasteiger partial charge in [0.05, 0.1) is 11.1 Å². The van der Waals surface area contributed by atoms with Gasteiger partial charge >= 0.3 is 5.97 Å². The maximum atomic E-state index is 12.3. The van der Waals surface area contributed by atoms with E-state index >= 15 is 0 Å². The summed E-state index contributed by atoms with van der Waals surface area (Å²) in [4.78, 5) is 23.8. The molecule has 0 saturated heterocycles. The van der Waals surface area contributed by atoms with E-state index in [0.717, 1.165) is 40.4 Å². The molecule has 0 unspecified atom stereocenters. The van der Waals surface area contributed by atoms with Gasteiger partial charge in [-0.2, -0.15) is 0 Å². The molecule has 1 amide bonds. The summed E-state index contributed by atoms with van der Waals surface area (Å²) in [5, 5.41) is 23.2. The smallest absolute Gasteiger partial charge is 0.335 e. The molecule has 6 nitrogen and oxygen atoms in total. The molecule has 3 aromatic carbocycles. The molecule has 6 heteroatoms. The fourth-order valence-corrected chi connectivity index (χ4v) is 4.00. The van der Waals surface area contributed by atoms with Crippen LogP contribution in [0.4, 0.5) is 0 Å². The first-order valence-electron chi connectivity index (χ1n) is 10.9. The summed E-state index contributed by atoms with van der Waals surface area (Å²) in [6.45, 7) is 3.03. The minimum absolute atomic E-state index is 0.0195. The zero-order chi connectivity index (χ0) is 23.4. The summed E-state index contributed by atoms with van der Waals surface area (Å²) in [5.41, 5.74) is 4.43. The number of hydrogen-bond donors (Lipinski definition) is 3. The molecule has 4 aromatic rings. The minimum atomic E-state index is -0.951. The molecule has 3 N–H and O–H groups in total. The average molecular weight is 443 g/mol. The van der Waals surface area contributed by atoms with Crippen molar-refractivity contribution in [3.8, 4) is 16.9 Å². The molecule has 0 aliphatic heterocycles. The molecule has 0 spiro atoms. The lowest BCUT2D eigenvalue weighted by molar-refractivity contribution is 0.0696. The Morgan fingerprint density at radius 2 is 1.76 bits per heavy atom. The monoisotopic (exact) mass is 442 g/mol. The number of unbranched alkanes of at least 4 members (excludes halogenated alkanes) is 1. The van der Waals surface area contributed by atoms with Crippen molar-refractivity contribution in [3.63, 3.8) is 0 Å². The molecule has 1 aromatic heterocycles. The third kappa shape index (κ3) is 4.90. The van der Waals surface area contributed by atoms with E-state index in [9.17, 15) is 19.8 Å². The number of amides is 1. The molecule has 0 aliphatic carbocycles. The summed E-state index contributed by atoms with van der Waals surface area (Å²) in [7, 11) is 0. The van der Waals surface area contributed by atoms with Gasteiger partial charge in [0.15, 0.2) is 0 Å². The maximum absolute atomic E-state index is 12.3. The molecule has 0 atom stereocenters. The Bertz CT molecular complexity index is 1310. The number of carbonyl (C=O) groups is 2. The van der Waals surface area contributed by atoms with Gasteiger partial charge in [0.1, 0.15) is 5.75 Å². The second-order valence-corrected chi connectivity index (χ2v) is 8.12. The van der Waals surface area contributed by atoms with Crippen LogP contribution in [0.1, 0.15) is 39.1 Å². The predicted molar refractivity (Wildman–Crippen MR) is 129 cm³/mol. The number of carbonyl (C=O) groups excluding carboxylic acids is 1. The summed E-state index contributed by atoms with van der Waals surface area (Å²) >= 11 is 0. The number of carboxylic acid groups (broad SMARTS) is 1. The van der Waals surface area contributed by atoms with E-state index in [0.29, 0.717) is 13.1 Å². The molecule has 0 aliphatic rings. The van der Waals surface area contributed by atoms with Crippen molar-refractivity contribution in [2.45, 2.75) is 26.3 Å². The normalized spacial score (nSPS) is 10.9. The van der Waals surface area contributed by atoms with Gasteiger partial charge in [-0.05, 0) is 55.2 Å². The molecule has 168 valence electrons. The summed E-state index contributed by atoms with van der Waals surface area (Å²) in [5.74, 6) is -1.27. The fraction of sp³-hybridized carbons (Fsp3) is 0.185. The topological polar surface area (TPSA) is 91.6 Å². The number of rotatable bonds is 8. The van der Waals surface area contributed by atoms with Crippen molar-refractivity contribution in [3.05, 3.63) is 89.6 Å². The van der Waals surface area contributed by atoms with Crippen LogP contribution in [0.15, 0.2) is 72.9 Å². The van der Waals surface area contributed by atoms with Crippen LogP contribution in [0, 0.1) is 6.92 Å². The summed E-state index contributed by atoms with van der Waals surface area (Å²) in [6, 6.07) is 20.2. The zero-order valence-corrected chi connectivity index (χ0v) is 18.4. The van der Waals surface area contributed by atoms with Crippen molar-refractivity contribution < 1.29 is 19.8 Å². The van der Waals surface area contributed by atoms with Crippen LogP contribution >= 0.6 is 0 Å². The predicted octanol–water partition coefficient (Wildman–Crippen LogP) is 5.23. The quantitative estimate of drug-likeness (QED) is 0.326. The van der Waals surface area contributed by atoms with Crippen LogP contribution in [0.2, 0.25) is 0 Å². The Morgan fingerprint density at radius 1 is 0.970 bits per heavy atom. The number of fused-ring (bicyclic) bond motifs is 1. The number of phenolic OH excluding ortho intramolecular Hbond substituents is 1. The SMILES string of the molecule is Cc1ccc(C(=O)NCCCCn2cc(-c3ccccc3)c3ccc(C(=O)O)cc32)c(O)c1. The molecule has 0 bridgehead atoms. The zero-order valence-electron chi connectivity index (χ0n) is 18.4. The van der Waals surface area contributed by atoms with Crippen LogP contribution < -0.4 is 5.32 Å². The van der Waals surface area contributed by atoms with E-state index in [4.69, 9.17) is 0 Å². The molecular weight excluding hydrogens is 416 g/mol. The largest absolute Gasteiger partial charge is 0.507 e. The highest BCUT2D eigenvalue weighted by Gasteiger charge is 2.14. The molecule has 33 heavy (non-hydrogen) atoms. The maximum Gasteiger partial charge on any atom is 0.335 e. The Balaban J connectivity index is 1.45. The average Bonchev–Trinajstić information content (AvgIpc) is 3.17. The number of benzene rings is 3. The molecule has 0 radical (unpaired) electrons. The van der Waals surface area contributed by atoms with Crippen molar-refractivity contribution >= 4 is 22.8 Å². The molecule has 0 saturated carbocycles. The van der Waals surface area contributed by atoms with Crippen molar-refractivity contribution in [1.82, 2.24) is 9.88 Å². The highest BCUT2D eigenvalue weighted by molar-refractivity contribution is 6.00. The summed E-state index contributed by atoms with van der Waals surface area (Å²) < 4.78 is 2.08. The standard InChI is InChI=1S/C27H26N2O4/c1-18-9-11-22(25(30)15-18)26(31)28-13-5-6-14-29-17-23(19-7-3-2-4-8-19)21-12-10-20(27(32)33)16-24(21)29/h2-4,7-12,15-17,30H,5-6,13-14H2,1H3,(H,28,31)(H,32,33). The lowest BCUT2D eigenvalue weighted by Gasteiger charge is -2.09. The lowest BCUT2D eigenvalue weighted by Crippen LogP contribution is -2.24. The highest BCUT2D eigenvalue weighted by Crippen LogP contribution is 2.31. The highest BCUT2D eigenvalue weighted by atomic mass is 16.4. The third-order valence-electron chi connectivity index (χ3n) is 5.72. The minimum Gasteiger partial charge on any atom is -0.507 e. The third-order valence-corrected chi connectivity index (χ3v) is 5.72. The Morgan fingerprint density at radius 3 is 2.48 bits per heavy atom. The first kappa shape index (κ1) is 22.1. The molecule has 0 fully saturated rings. The van der Waals surface area contributed by atoms with Crippen molar-refractivity contribution in [1.29, 1.82) is 0 Å². The van der Waals surface area contributed by atoms with E-state index in [1.165, 1.54) is 0 Å². The van der Waals surface area contributed by atoms with Gasteiger partial charge < -0.3 is 20.1 Å². The van der Waals surface area contributed by atoms with Gasteiger partial charge in [0, 0.05) is 35.8 Å². The van der Waals surface area contributed by atoms with Crippen LogP contribution in [0.5, 0.6) is 5.75 Å². The van der Waals surface area contributed by atoms with Crippen LogP contribution in [-0.2, 0) is 6.54 Å². The van der Waals surface area contributed by atoms with Crippen LogP contribution in [-0.4, -0.2) is 33.2 Å². The van der Waals surface area contributed by atoms with Gasteiger partial charge in [-0.25, -0.2) is 4.79 Å². The van der Waals surface area contributed by atoms with Gasteiger partial charge in [-0.3, -0.25) is 4.79 Å². The number of aryl methyl sites for hydroxylation is 2. The number of nitrogens with one attached hydrogen (secondary N) is 1. The van der Waals surface area contributed by atoms with Gasteiger partial charge in [-0.1, -0.05) is 42.5 Å². The number of aromatic hydroxyl groups is 1. The lowest BCUT2D eigenvalue weighted by atomic mass is 10.0.